The van der Waals surface area contributed by atoms with Crippen LogP contribution < -0.4 is 0 Å². The van der Waals surface area contributed by atoms with Crippen LogP contribution in [0.4, 0.5) is 0 Å². The normalized spacial score (nSPS) is 12.3. The van der Waals surface area contributed by atoms with Crippen LogP contribution in [-0.2, 0) is 11.2 Å². The van der Waals surface area contributed by atoms with E-state index in [4.69, 9.17) is 0 Å². The Morgan fingerprint density at radius 1 is 1.35 bits per heavy atom. The molecule has 0 radical (unpaired) electrons. The zero-order valence-electron chi connectivity index (χ0n) is 12.9. The molecular formula is C17H23NO2. The average Bonchev–Trinajstić information content (AvgIpc) is 2.69. The fourth-order valence-electron chi connectivity index (χ4n) is 2.66. The molecule has 2 aromatic rings. The van der Waals surface area contributed by atoms with E-state index in [0.717, 1.165) is 5.56 Å². The van der Waals surface area contributed by atoms with Crippen LogP contribution in [0.3, 0.4) is 0 Å². The van der Waals surface area contributed by atoms with Crippen molar-refractivity contribution in [3.05, 3.63) is 35.5 Å². The molecule has 3 heteroatoms. The van der Waals surface area contributed by atoms with Crippen LogP contribution in [0.1, 0.15) is 44.9 Å². The molecule has 1 aromatic carbocycles. The van der Waals surface area contributed by atoms with Gasteiger partial charge in [-0.25, -0.2) is 0 Å². The fraction of sp³-hybridized carbons (Fsp3) is 0.471. The summed E-state index contributed by atoms with van der Waals surface area (Å²) < 4.78 is 2.25. The smallest absolute Gasteiger partial charge is 0.309 e. The highest BCUT2D eigenvalue weighted by Crippen LogP contribution is 2.32. The van der Waals surface area contributed by atoms with Gasteiger partial charge in [0.25, 0.3) is 0 Å². The summed E-state index contributed by atoms with van der Waals surface area (Å²) in [5.41, 5.74) is 2.82. The Balaban J connectivity index is 2.61. The molecule has 0 aliphatic rings. The van der Waals surface area contributed by atoms with Gasteiger partial charge >= 0.3 is 5.97 Å². The molecule has 1 heterocycles. The molecule has 20 heavy (non-hydrogen) atoms. The first-order valence-electron chi connectivity index (χ1n) is 7.06. The van der Waals surface area contributed by atoms with Crippen LogP contribution in [0.2, 0.25) is 0 Å². The molecule has 0 bridgehead atoms. The predicted octanol–water partition coefficient (Wildman–Crippen LogP) is 4.18. The third-order valence-electron chi connectivity index (χ3n) is 3.90. The maximum atomic E-state index is 11.4. The van der Waals surface area contributed by atoms with Crippen molar-refractivity contribution in [3.63, 3.8) is 0 Å². The predicted molar refractivity (Wildman–Crippen MR) is 82.2 cm³/mol. The Morgan fingerprint density at radius 3 is 2.55 bits per heavy atom. The van der Waals surface area contributed by atoms with Crippen molar-refractivity contribution in [2.75, 3.05) is 0 Å². The molecule has 0 unspecified atom stereocenters. The number of rotatable bonds is 4. The van der Waals surface area contributed by atoms with E-state index in [9.17, 15) is 9.90 Å². The topological polar surface area (TPSA) is 42.2 Å². The van der Waals surface area contributed by atoms with Crippen molar-refractivity contribution in [2.24, 2.45) is 5.41 Å². The lowest BCUT2D eigenvalue weighted by molar-refractivity contribution is -0.146. The van der Waals surface area contributed by atoms with Gasteiger partial charge in [-0.05, 0) is 52.2 Å². The molecule has 0 fully saturated rings. The van der Waals surface area contributed by atoms with Crippen molar-refractivity contribution < 1.29 is 9.90 Å². The number of nitrogens with zero attached hydrogens (tertiary/aromatic N) is 1. The Morgan fingerprint density at radius 2 is 2.00 bits per heavy atom. The minimum absolute atomic E-state index is 0.361. The van der Waals surface area contributed by atoms with Crippen LogP contribution in [0.5, 0.6) is 0 Å². The Kier molecular flexibility index (Phi) is 3.63. The summed E-state index contributed by atoms with van der Waals surface area (Å²) in [6.45, 7) is 9.97. The minimum Gasteiger partial charge on any atom is -0.481 e. The SMILES string of the molecule is Cc1cccc2c(CC(C)(C)C(=O)O)cn(C(C)C)c12. The molecule has 0 amide bonds. The van der Waals surface area contributed by atoms with Gasteiger partial charge < -0.3 is 9.67 Å². The van der Waals surface area contributed by atoms with Gasteiger partial charge in [0.1, 0.15) is 0 Å². The van der Waals surface area contributed by atoms with Gasteiger partial charge in [-0.2, -0.15) is 0 Å². The van der Waals surface area contributed by atoms with Gasteiger partial charge in [0.15, 0.2) is 0 Å². The van der Waals surface area contributed by atoms with Gasteiger partial charge in [0, 0.05) is 17.6 Å². The fourth-order valence-corrected chi connectivity index (χ4v) is 2.66. The summed E-state index contributed by atoms with van der Waals surface area (Å²) in [5, 5.41) is 10.5. The molecule has 108 valence electrons. The average molecular weight is 273 g/mol. The number of benzene rings is 1. The number of aliphatic carboxylic acids is 1. The number of aromatic nitrogens is 1. The lowest BCUT2D eigenvalue weighted by Crippen LogP contribution is -2.26. The van der Waals surface area contributed by atoms with Crippen molar-refractivity contribution in [3.8, 4) is 0 Å². The molecule has 0 saturated heterocycles. The van der Waals surface area contributed by atoms with Crippen molar-refractivity contribution >= 4 is 16.9 Å². The van der Waals surface area contributed by atoms with Gasteiger partial charge in [-0.3, -0.25) is 4.79 Å². The third kappa shape index (κ3) is 2.45. The lowest BCUT2D eigenvalue weighted by Gasteiger charge is -2.18. The maximum absolute atomic E-state index is 11.4. The highest BCUT2D eigenvalue weighted by atomic mass is 16.4. The summed E-state index contributed by atoms with van der Waals surface area (Å²) in [5.74, 6) is -0.754. The molecule has 2 rings (SSSR count). The van der Waals surface area contributed by atoms with Gasteiger partial charge in [-0.15, -0.1) is 0 Å². The number of carboxylic acid groups (broad SMARTS) is 1. The Hall–Kier alpha value is -1.77. The highest BCUT2D eigenvalue weighted by molar-refractivity contribution is 5.87. The summed E-state index contributed by atoms with van der Waals surface area (Å²) in [6.07, 6.45) is 2.66. The molecule has 3 nitrogen and oxygen atoms in total. The van der Waals surface area contributed by atoms with E-state index < -0.39 is 11.4 Å². The first kappa shape index (κ1) is 14.6. The van der Waals surface area contributed by atoms with Crippen molar-refractivity contribution in [1.82, 2.24) is 4.57 Å². The number of aryl methyl sites for hydroxylation is 1. The van der Waals surface area contributed by atoms with E-state index in [1.54, 1.807) is 13.8 Å². The first-order chi connectivity index (χ1) is 9.24. The summed E-state index contributed by atoms with van der Waals surface area (Å²) >= 11 is 0. The number of hydrogen-bond donors (Lipinski definition) is 1. The second-order valence-electron chi connectivity index (χ2n) is 6.49. The van der Waals surface area contributed by atoms with E-state index in [0.29, 0.717) is 12.5 Å². The molecule has 0 saturated carbocycles. The minimum atomic E-state index is -0.754. The van der Waals surface area contributed by atoms with E-state index in [1.807, 2.05) is 6.07 Å². The molecule has 0 aliphatic heterocycles. The Labute approximate surface area is 120 Å². The zero-order valence-corrected chi connectivity index (χ0v) is 12.9. The van der Waals surface area contributed by atoms with Crippen LogP contribution >= 0.6 is 0 Å². The van der Waals surface area contributed by atoms with Crippen LogP contribution in [0.15, 0.2) is 24.4 Å². The number of hydrogen-bond acceptors (Lipinski definition) is 1. The second kappa shape index (κ2) is 4.97. The molecule has 0 atom stereocenters. The summed E-state index contributed by atoms with van der Waals surface area (Å²) in [6, 6.07) is 6.60. The number of carboxylic acids is 1. The first-order valence-corrected chi connectivity index (χ1v) is 7.06. The zero-order chi connectivity index (χ0) is 15.1. The van der Waals surface area contributed by atoms with Crippen molar-refractivity contribution in [2.45, 2.75) is 47.1 Å². The van der Waals surface area contributed by atoms with Crippen LogP contribution in [0.25, 0.3) is 10.9 Å². The third-order valence-corrected chi connectivity index (χ3v) is 3.90. The van der Waals surface area contributed by atoms with Gasteiger partial charge in [-0.1, -0.05) is 18.2 Å². The maximum Gasteiger partial charge on any atom is 0.309 e. The highest BCUT2D eigenvalue weighted by Gasteiger charge is 2.29. The largest absolute Gasteiger partial charge is 0.481 e. The van der Waals surface area contributed by atoms with E-state index >= 15 is 0 Å². The Bertz CT molecular complexity index is 650. The lowest BCUT2D eigenvalue weighted by atomic mass is 9.86. The number of carbonyl (C=O) groups is 1. The van der Waals surface area contributed by atoms with Gasteiger partial charge in [0.05, 0.1) is 10.9 Å². The van der Waals surface area contributed by atoms with E-state index in [1.165, 1.54) is 16.5 Å². The van der Waals surface area contributed by atoms with Crippen LogP contribution in [0, 0.1) is 12.3 Å². The summed E-state index contributed by atoms with van der Waals surface area (Å²) in [4.78, 5) is 11.4. The van der Waals surface area contributed by atoms with Crippen molar-refractivity contribution in [1.29, 1.82) is 0 Å². The van der Waals surface area contributed by atoms with Gasteiger partial charge in [0.2, 0.25) is 0 Å². The molecule has 0 aliphatic carbocycles. The standard InChI is InChI=1S/C17H23NO2/c1-11(2)18-10-13(9-17(4,5)16(19)20)14-8-6-7-12(3)15(14)18/h6-8,10-11H,9H2,1-5H3,(H,19,20). The molecular weight excluding hydrogens is 250 g/mol. The second-order valence-corrected chi connectivity index (χ2v) is 6.49. The van der Waals surface area contributed by atoms with E-state index in [2.05, 4.69) is 43.7 Å². The quantitative estimate of drug-likeness (QED) is 0.907. The molecule has 1 aromatic heterocycles. The van der Waals surface area contributed by atoms with E-state index in [-0.39, 0.29) is 0 Å². The molecule has 1 N–H and O–H groups in total. The number of para-hydroxylation sites is 1. The monoisotopic (exact) mass is 273 g/mol. The number of fused-ring (bicyclic) bond motifs is 1. The van der Waals surface area contributed by atoms with Crippen LogP contribution in [-0.4, -0.2) is 15.6 Å². The summed E-state index contributed by atoms with van der Waals surface area (Å²) in [7, 11) is 0. The molecule has 0 spiro atoms.